The Morgan fingerprint density at radius 1 is 0.978 bits per heavy atom. The van der Waals surface area contributed by atoms with E-state index in [0.717, 1.165) is 28.1 Å². The van der Waals surface area contributed by atoms with E-state index in [1.165, 1.54) is 24.4 Å². The van der Waals surface area contributed by atoms with Crippen molar-refractivity contribution in [3.05, 3.63) is 76.8 Å². The number of aromatic amines is 1. The molecule has 0 aliphatic carbocycles. The lowest BCUT2D eigenvalue weighted by atomic mass is 10.1. The minimum absolute atomic E-state index is 0.0791. The van der Waals surface area contributed by atoms with E-state index in [-0.39, 0.29) is 23.6 Å². The molecule has 5 rings (SSSR count). The van der Waals surface area contributed by atoms with Gasteiger partial charge in [0.15, 0.2) is 11.4 Å². The van der Waals surface area contributed by atoms with Gasteiger partial charge < -0.3 is 19.6 Å². The van der Waals surface area contributed by atoms with E-state index in [9.17, 15) is 40.7 Å². The molecule has 12 nitrogen and oxygen atoms in total. The highest BCUT2D eigenvalue weighted by Crippen LogP contribution is 2.35. The van der Waals surface area contributed by atoms with Gasteiger partial charge >= 0.3 is 24.5 Å². The number of rotatable bonds is 6. The summed E-state index contributed by atoms with van der Waals surface area (Å²) in [6.45, 7) is 1.49. The summed E-state index contributed by atoms with van der Waals surface area (Å²) < 4.78 is 79.5. The summed E-state index contributed by atoms with van der Waals surface area (Å²) in [5.74, 6) is -3.10. The van der Waals surface area contributed by atoms with Gasteiger partial charge in [0, 0.05) is 24.0 Å². The third kappa shape index (κ3) is 7.64. The SMILES string of the molecule is CCc1cc(N2C(=O)CN(c3cccc(OC(F)(F)F)c3)C2=O)ccc1Oc1ccnc2ncc(=O)[nH]c12.O=C(O)C(F)(F)F. The van der Waals surface area contributed by atoms with Crippen LogP contribution in [0.25, 0.3) is 11.2 Å². The Morgan fingerprint density at radius 2 is 1.69 bits per heavy atom. The quantitative estimate of drug-likeness (QED) is 0.215. The number of nitrogens with one attached hydrogen (secondary N) is 1. The van der Waals surface area contributed by atoms with Crippen molar-refractivity contribution >= 4 is 40.4 Å². The number of urea groups is 1. The number of alkyl halides is 6. The number of anilines is 2. The van der Waals surface area contributed by atoms with Crippen LogP contribution in [0.1, 0.15) is 12.5 Å². The normalized spacial score (nSPS) is 13.5. The molecule has 18 heteroatoms. The van der Waals surface area contributed by atoms with Crippen molar-refractivity contribution in [1.29, 1.82) is 0 Å². The smallest absolute Gasteiger partial charge is 0.475 e. The fourth-order valence-electron chi connectivity index (χ4n) is 4.01. The number of benzene rings is 2. The molecule has 1 aliphatic heterocycles. The lowest BCUT2D eigenvalue weighted by Gasteiger charge is -2.19. The number of fused-ring (bicyclic) bond motifs is 1. The molecule has 1 aliphatic rings. The van der Waals surface area contributed by atoms with E-state index in [0.29, 0.717) is 29.0 Å². The number of carboxylic acid groups (broad SMARTS) is 1. The van der Waals surface area contributed by atoms with E-state index in [4.69, 9.17) is 14.6 Å². The topological polar surface area (TPSA) is 155 Å². The molecule has 3 heterocycles. The van der Waals surface area contributed by atoms with Crippen LogP contribution in [0, 0.1) is 0 Å². The molecule has 0 saturated carbocycles. The number of nitrogens with zero attached hydrogens (tertiary/aromatic N) is 4. The standard InChI is InChI=1S/C25H18F3N5O5.C2HF3O2/c1-2-14-10-16(6-7-18(14)37-19-8-9-29-23-22(19)31-20(34)12-30-23)33-21(35)13-32(24(33)36)15-4-3-5-17(11-15)38-25(26,27)28;3-2(4,5)1(6)7/h3-12H,2,13H2,1H3,(H,31,34);(H,6,7). The van der Waals surface area contributed by atoms with Crippen molar-refractivity contribution in [2.45, 2.75) is 25.9 Å². The number of carbonyl (C=O) groups excluding carboxylic acids is 2. The first-order chi connectivity index (χ1) is 21.1. The summed E-state index contributed by atoms with van der Waals surface area (Å²) in [4.78, 5) is 59.3. The number of aryl methyl sites for hydroxylation is 1. The summed E-state index contributed by atoms with van der Waals surface area (Å²) in [5.41, 5.74) is 1.17. The third-order valence-corrected chi connectivity index (χ3v) is 5.92. The van der Waals surface area contributed by atoms with Crippen molar-refractivity contribution in [3.63, 3.8) is 0 Å². The van der Waals surface area contributed by atoms with E-state index in [1.807, 2.05) is 6.92 Å². The number of hydrogen-bond acceptors (Lipinski definition) is 8. The lowest BCUT2D eigenvalue weighted by molar-refractivity contribution is -0.274. The molecule has 0 bridgehead atoms. The van der Waals surface area contributed by atoms with Crippen LogP contribution < -0.4 is 24.8 Å². The summed E-state index contributed by atoms with van der Waals surface area (Å²) >= 11 is 0. The first-order valence-corrected chi connectivity index (χ1v) is 12.5. The second kappa shape index (κ2) is 12.5. The van der Waals surface area contributed by atoms with Gasteiger partial charge in [-0.3, -0.25) is 14.5 Å². The van der Waals surface area contributed by atoms with Crippen molar-refractivity contribution in [2.75, 3.05) is 16.3 Å². The number of imide groups is 1. The molecule has 4 aromatic rings. The Bertz CT molecular complexity index is 1830. The Hall–Kier alpha value is -5.68. The Labute approximate surface area is 247 Å². The summed E-state index contributed by atoms with van der Waals surface area (Å²) in [6, 6.07) is 10.4. The van der Waals surface area contributed by atoms with Crippen molar-refractivity contribution in [3.8, 4) is 17.2 Å². The fourth-order valence-corrected chi connectivity index (χ4v) is 4.01. The Balaban J connectivity index is 0.000000591. The van der Waals surface area contributed by atoms with Gasteiger partial charge in [0.25, 0.3) is 11.5 Å². The van der Waals surface area contributed by atoms with Crippen LogP contribution in [0.15, 0.2) is 65.7 Å². The van der Waals surface area contributed by atoms with Gasteiger partial charge in [0.2, 0.25) is 0 Å². The molecule has 1 fully saturated rings. The number of carboxylic acids is 1. The van der Waals surface area contributed by atoms with Crippen LogP contribution in [0.3, 0.4) is 0 Å². The molecular formula is C27H19F6N5O7. The molecule has 236 valence electrons. The minimum atomic E-state index is -5.08. The van der Waals surface area contributed by atoms with Gasteiger partial charge in [-0.1, -0.05) is 13.0 Å². The van der Waals surface area contributed by atoms with Gasteiger partial charge in [-0.2, -0.15) is 13.2 Å². The summed E-state index contributed by atoms with van der Waals surface area (Å²) in [7, 11) is 0. The summed E-state index contributed by atoms with van der Waals surface area (Å²) in [6.07, 6.45) is -6.92. The Morgan fingerprint density at radius 3 is 2.33 bits per heavy atom. The number of hydrogen-bond donors (Lipinski definition) is 2. The van der Waals surface area contributed by atoms with Crippen LogP contribution in [-0.2, 0) is 16.0 Å². The third-order valence-electron chi connectivity index (χ3n) is 5.92. The number of pyridine rings is 1. The van der Waals surface area contributed by atoms with E-state index < -0.39 is 41.8 Å². The van der Waals surface area contributed by atoms with Crippen molar-refractivity contribution < 1.29 is 55.3 Å². The van der Waals surface area contributed by atoms with Crippen molar-refractivity contribution in [2.24, 2.45) is 0 Å². The number of aliphatic carboxylic acids is 1. The highest BCUT2D eigenvalue weighted by atomic mass is 19.4. The second-order valence-electron chi connectivity index (χ2n) is 8.95. The Kier molecular flexibility index (Phi) is 8.96. The van der Waals surface area contributed by atoms with Crippen LogP contribution in [0.5, 0.6) is 17.2 Å². The first kappa shape index (κ1) is 32.2. The number of amides is 3. The lowest BCUT2D eigenvalue weighted by Crippen LogP contribution is -2.33. The highest BCUT2D eigenvalue weighted by molar-refractivity contribution is 6.27. The van der Waals surface area contributed by atoms with Gasteiger partial charge in [-0.15, -0.1) is 13.2 Å². The van der Waals surface area contributed by atoms with Crippen LogP contribution in [0.2, 0.25) is 0 Å². The molecule has 0 atom stereocenters. The van der Waals surface area contributed by atoms with Crippen LogP contribution >= 0.6 is 0 Å². The largest absolute Gasteiger partial charge is 0.573 e. The molecule has 2 aromatic carbocycles. The number of H-pyrrole nitrogens is 1. The zero-order valence-corrected chi connectivity index (χ0v) is 22.6. The predicted octanol–water partition coefficient (Wildman–Crippen LogP) is 5.18. The molecule has 2 aromatic heterocycles. The van der Waals surface area contributed by atoms with Gasteiger partial charge in [-0.25, -0.2) is 24.5 Å². The maximum absolute atomic E-state index is 13.2. The van der Waals surface area contributed by atoms with Crippen molar-refractivity contribution in [1.82, 2.24) is 15.0 Å². The zero-order valence-electron chi connectivity index (χ0n) is 22.6. The average Bonchev–Trinajstić information content (AvgIpc) is 3.26. The number of carbonyl (C=O) groups is 3. The molecule has 0 radical (unpaired) electrons. The first-order valence-electron chi connectivity index (χ1n) is 12.5. The molecule has 3 amide bonds. The van der Waals surface area contributed by atoms with Crippen LogP contribution in [0.4, 0.5) is 42.5 Å². The van der Waals surface area contributed by atoms with Gasteiger partial charge in [-0.05, 0) is 42.3 Å². The fraction of sp³-hybridized carbons (Fsp3) is 0.185. The average molecular weight is 639 g/mol. The van der Waals surface area contributed by atoms with Gasteiger partial charge in [0.1, 0.15) is 23.6 Å². The summed E-state index contributed by atoms with van der Waals surface area (Å²) in [5, 5.41) is 7.12. The van der Waals surface area contributed by atoms with E-state index in [2.05, 4.69) is 19.7 Å². The molecule has 0 unspecified atom stereocenters. The van der Waals surface area contributed by atoms with Crippen LogP contribution in [-0.4, -0.2) is 57.0 Å². The maximum Gasteiger partial charge on any atom is 0.573 e. The molecule has 0 spiro atoms. The highest BCUT2D eigenvalue weighted by Gasteiger charge is 2.39. The maximum atomic E-state index is 13.2. The van der Waals surface area contributed by atoms with E-state index >= 15 is 0 Å². The van der Waals surface area contributed by atoms with Gasteiger partial charge in [0.05, 0.1) is 11.9 Å². The number of aromatic nitrogens is 3. The number of halogens is 6. The second-order valence-corrected chi connectivity index (χ2v) is 8.95. The predicted molar refractivity (Wildman–Crippen MR) is 143 cm³/mol. The molecular weight excluding hydrogens is 620 g/mol. The van der Waals surface area contributed by atoms with E-state index in [1.54, 1.807) is 18.2 Å². The monoisotopic (exact) mass is 639 g/mol. The minimum Gasteiger partial charge on any atom is -0.475 e. The molecule has 2 N–H and O–H groups in total. The molecule has 1 saturated heterocycles. The number of ether oxygens (including phenoxy) is 2. The zero-order chi connectivity index (χ0) is 33.1. The molecule has 45 heavy (non-hydrogen) atoms.